The van der Waals surface area contributed by atoms with Gasteiger partial charge in [-0.2, -0.15) is 4.98 Å². The molecule has 3 nitrogen and oxygen atoms in total. The predicted molar refractivity (Wildman–Crippen MR) is 81.9 cm³/mol. The molecule has 1 aromatic heterocycles. The fourth-order valence-corrected chi connectivity index (χ4v) is 1.93. The SMILES string of the molecule is Cc1ccc(C)c(Oc2nc(C(C)C)nc(Cl)c2C)c1. The van der Waals surface area contributed by atoms with Crippen LogP contribution in [0.4, 0.5) is 0 Å². The van der Waals surface area contributed by atoms with Crippen molar-refractivity contribution in [2.24, 2.45) is 0 Å². The van der Waals surface area contributed by atoms with Gasteiger partial charge in [0.05, 0.1) is 0 Å². The minimum Gasteiger partial charge on any atom is -0.438 e. The summed E-state index contributed by atoms with van der Waals surface area (Å²) in [5.41, 5.74) is 2.97. The van der Waals surface area contributed by atoms with E-state index in [-0.39, 0.29) is 5.92 Å². The molecular formula is C16H19ClN2O. The number of hydrogen-bond acceptors (Lipinski definition) is 3. The van der Waals surface area contributed by atoms with Gasteiger partial charge in [0, 0.05) is 11.5 Å². The quantitative estimate of drug-likeness (QED) is 0.749. The second-order valence-electron chi connectivity index (χ2n) is 5.33. The number of halogens is 1. The van der Waals surface area contributed by atoms with Crippen LogP contribution in [0.2, 0.25) is 5.15 Å². The van der Waals surface area contributed by atoms with E-state index in [1.165, 1.54) is 0 Å². The lowest BCUT2D eigenvalue weighted by Crippen LogP contribution is -2.03. The zero-order valence-electron chi connectivity index (χ0n) is 12.5. The summed E-state index contributed by atoms with van der Waals surface area (Å²) >= 11 is 6.17. The topological polar surface area (TPSA) is 35.0 Å². The van der Waals surface area contributed by atoms with Crippen molar-refractivity contribution in [3.8, 4) is 11.6 Å². The average molecular weight is 291 g/mol. The normalized spacial score (nSPS) is 10.9. The first-order valence-electron chi connectivity index (χ1n) is 6.67. The third kappa shape index (κ3) is 3.10. The molecule has 0 radical (unpaired) electrons. The monoisotopic (exact) mass is 290 g/mol. The Bertz CT molecular complexity index is 639. The molecule has 0 bridgehead atoms. The van der Waals surface area contributed by atoms with Gasteiger partial charge in [0.2, 0.25) is 5.88 Å². The standard InChI is InChI=1S/C16H19ClN2O/c1-9(2)15-18-14(17)12(5)16(19-15)20-13-8-10(3)6-7-11(13)4/h6-9H,1-5H3. The Hall–Kier alpha value is -1.61. The molecule has 1 heterocycles. The summed E-state index contributed by atoms with van der Waals surface area (Å²) in [6, 6.07) is 6.09. The zero-order chi connectivity index (χ0) is 14.9. The average Bonchev–Trinajstić information content (AvgIpc) is 2.38. The highest BCUT2D eigenvalue weighted by atomic mass is 35.5. The van der Waals surface area contributed by atoms with Crippen LogP contribution in [0.25, 0.3) is 0 Å². The van der Waals surface area contributed by atoms with Crippen LogP contribution in [0.5, 0.6) is 11.6 Å². The largest absolute Gasteiger partial charge is 0.438 e. The summed E-state index contributed by atoms with van der Waals surface area (Å²) < 4.78 is 5.96. The van der Waals surface area contributed by atoms with Crippen LogP contribution in [0.3, 0.4) is 0 Å². The van der Waals surface area contributed by atoms with Gasteiger partial charge in [-0.25, -0.2) is 4.98 Å². The number of nitrogens with zero attached hydrogens (tertiary/aromatic N) is 2. The van der Waals surface area contributed by atoms with Crippen molar-refractivity contribution in [2.45, 2.75) is 40.5 Å². The molecule has 106 valence electrons. The molecule has 0 N–H and O–H groups in total. The van der Waals surface area contributed by atoms with Gasteiger partial charge in [0.1, 0.15) is 16.7 Å². The van der Waals surface area contributed by atoms with Crippen molar-refractivity contribution in [2.75, 3.05) is 0 Å². The molecule has 1 aromatic carbocycles. The van der Waals surface area contributed by atoms with Crippen molar-refractivity contribution in [1.29, 1.82) is 0 Å². The molecule has 2 aromatic rings. The van der Waals surface area contributed by atoms with Gasteiger partial charge >= 0.3 is 0 Å². The van der Waals surface area contributed by atoms with Crippen molar-refractivity contribution < 1.29 is 4.74 Å². The van der Waals surface area contributed by atoms with Gasteiger partial charge < -0.3 is 4.74 Å². The highest BCUT2D eigenvalue weighted by molar-refractivity contribution is 6.30. The Labute approximate surface area is 125 Å². The second kappa shape index (κ2) is 5.80. The van der Waals surface area contributed by atoms with Crippen LogP contribution in [0, 0.1) is 20.8 Å². The van der Waals surface area contributed by atoms with Crippen LogP contribution in [0.15, 0.2) is 18.2 Å². The fourth-order valence-electron chi connectivity index (χ4n) is 1.76. The minimum absolute atomic E-state index is 0.203. The molecule has 4 heteroatoms. The Balaban J connectivity index is 2.45. The molecule has 0 unspecified atom stereocenters. The number of aromatic nitrogens is 2. The van der Waals surface area contributed by atoms with E-state index >= 15 is 0 Å². The molecule has 0 atom stereocenters. The number of ether oxygens (including phenoxy) is 1. The Morgan fingerprint density at radius 3 is 2.45 bits per heavy atom. The van der Waals surface area contributed by atoms with Crippen LogP contribution < -0.4 is 4.74 Å². The molecular weight excluding hydrogens is 272 g/mol. The first-order valence-corrected chi connectivity index (χ1v) is 7.05. The van der Waals surface area contributed by atoms with Gasteiger partial charge in [-0.1, -0.05) is 37.6 Å². The number of aryl methyl sites for hydroxylation is 2. The molecule has 2 rings (SSSR count). The number of benzene rings is 1. The van der Waals surface area contributed by atoms with Crippen LogP contribution in [0.1, 0.15) is 42.3 Å². The van der Waals surface area contributed by atoms with E-state index in [0.29, 0.717) is 16.9 Å². The molecule has 0 aliphatic rings. The Morgan fingerprint density at radius 2 is 1.80 bits per heavy atom. The molecule has 0 saturated carbocycles. The van der Waals surface area contributed by atoms with Gasteiger partial charge in [-0.15, -0.1) is 0 Å². The summed E-state index contributed by atoms with van der Waals surface area (Å²) in [7, 11) is 0. The Morgan fingerprint density at radius 1 is 1.10 bits per heavy atom. The first kappa shape index (κ1) is 14.8. The molecule has 0 spiro atoms. The third-order valence-electron chi connectivity index (χ3n) is 3.13. The molecule has 0 aliphatic carbocycles. The van der Waals surface area contributed by atoms with Crippen molar-refractivity contribution in [1.82, 2.24) is 9.97 Å². The molecule has 0 saturated heterocycles. The molecule has 0 amide bonds. The first-order chi connectivity index (χ1) is 9.38. The van der Waals surface area contributed by atoms with E-state index in [0.717, 1.165) is 22.4 Å². The third-order valence-corrected chi connectivity index (χ3v) is 3.49. The molecule has 20 heavy (non-hydrogen) atoms. The van der Waals surface area contributed by atoms with E-state index in [1.807, 2.05) is 46.8 Å². The summed E-state index contributed by atoms with van der Waals surface area (Å²) in [4.78, 5) is 8.77. The van der Waals surface area contributed by atoms with E-state index in [1.54, 1.807) is 0 Å². The van der Waals surface area contributed by atoms with Crippen molar-refractivity contribution in [3.05, 3.63) is 45.9 Å². The lowest BCUT2D eigenvalue weighted by molar-refractivity contribution is 0.449. The van der Waals surface area contributed by atoms with E-state index < -0.39 is 0 Å². The highest BCUT2D eigenvalue weighted by Gasteiger charge is 2.14. The predicted octanol–water partition coefficient (Wildman–Crippen LogP) is 4.97. The van der Waals surface area contributed by atoms with Gasteiger partial charge in [0.25, 0.3) is 0 Å². The Kier molecular flexibility index (Phi) is 4.29. The molecule has 0 aliphatic heterocycles. The summed E-state index contributed by atoms with van der Waals surface area (Å²) in [5, 5.41) is 0.448. The smallest absolute Gasteiger partial charge is 0.227 e. The van der Waals surface area contributed by atoms with E-state index in [9.17, 15) is 0 Å². The van der Waals surface area contributed by atoms with Crippen molar-refractivity contribution in [3.63, 3.8) is 0 Å². The van der Waals surface area contributed by atoms with Gasteiger partial charge in [0.15, 0.2) is 0 Å². The maximum atomic E-state index is 6.17. The molecule has 0 fully saturated rings. The summed E-state index contributed by atoms with van der Waals surface area (Å²) in [5.74, 6) is 2.23. The van der Waals surface area contributed by atoms with Gasteiger partial charge in [-0.05, 0) is 38.0 Å². The fraction of sp³-hybridized carbons (Fsp3) is 0.375. The van der Waals surface area contributed by atoms with Crippen molar-refractivity contribution >= 4 is 11.6 Å². The highest BCUT2D eigenvalue weighted by Crippen LogP contribution is 2.30. The zero-order valence-corrected chi connectivity index (χ0v) is 13.2. The summed E-state index contributed by atoms with van der Waals surface area (Å²) in [6.45, 7) is 9.97. The van der Waals surface area contributed by atoms with E-state index in [2.05, 4.69) is 16.0 Å². The van der Waals surface area contributed by atoms with Crippen LogP contribution >= 0.6 is 11.6 Å². The maximum Gasteiger partial charge on any atom is 0.227 e. The lowest BCUT2D eigenvalue weighted by Gasteiger charge is -2.13. The van der Waals surface area contributed by atoms with E-state index in [4.69, 9.17) is 16.3 Å². The minimum atomic E-state index is 0.203. The van der Waals surface area contributed by atoms with Crippen LogP contribution in [-0.4, -0.2) is 9.97 Å². The lowest BCUT2D eigenvalue weighted by atomic mass is 10.1. The number of hydrogen-bond donors (Lipinski definition) is 0. The van der Waals surface area contributed by atoms with Crippen LogP contribution in [-0.2, 0) is 0 Å². The second-order valence-corrected chi connectivity index (χ2v) is 5.69. The summed E-state index contributed by atoms with van der Waals surface area (Å²) in [6.07, 6.45) is 0. The maximum absolute atomic E-state index is 6.17. The van der Waals surface area contributed by atoms with Gasteiger partial charge in [-0.3, -0.25) is 0 Å². The number of rotatable bonds is 3.